The van der Waals surface area contributed by atoms with Crippen LogP contribution >= 0.6 is 0 Å². The van der Waals surface area contributed by atoms with Crippen LogP contribution in [0, 0.1) is 0 Å². The van der Waals surface area contributed by atoms with Gasteiger partial charge in [-0.25, -0.2) is 9.78 Å². The highest BCUT2D eigenvalue weighted by molar-refractivity contribution is 5.95. The van der Waals surface area contributed by atoms with Crippen molar-refractivity contribution < 1.29 is 24.3 Å². The van der Waals surface area contributed by atoms with Gasteiger partial charge in [0, 0.05) is 65.4 Å². The first-order valence-corrected chi connectivity index (χ1v) is 16.3. The van der Waals surface area contributed by atoms with Crippen LogP contribution in [0.5, 0.6) is 0 Å². The molecule has 0 fully saturated rings. The molecule has 0 spiro atoms. The second-order valence-electron chi connectivity index (χ2n) is 12.2. The molecule has 0 radical (unpaired) electrons. The summed E-state index contributed by atoms with van der Waals surface area (Å²) in [5.74, 6) is -3.11. The number of fused-ring (bicyclic) bond motifs is 2. The fraction of sp³-hybridized carbons (Fsp3) is 0.216. The van der Waals surface area contributed by atoms with Crippen LogP contribution in [0.15, 0.2) is 104 Å². The van der Waals surface area contributed by atoms with E-state index in [4.69, 9.17) is 5.73 Å². The Morgan fingerprint density at radius 3 is 1.78 bits per heavy atom. The second kappa shape index (κ2) is 15.3. The number of carbonyl (C=O) groups excluding carboxylic acids is 3. The maximum atomic E-state index is 14.1. The molecular weight excluding hydrogens is 636 g/mol. The molecule has 6 aromatic rings. The Balaban J connectivity index is 1.23. The molecule has 4 atom stereocenters. The molecular formula is C37H38N8O5. The van der Waals surface area contributed by atoms with Crippen LogP contribution < -0.4 is 21.7 Å². The van der Waals surface area contributed by atoms with Gasteiger partial charge in [0.25, 0.3) is 0 Å². The largest absolute Gasteiger partial charge is 0.480 e. The number of amides is 3. The zero-order valence-electron chi connectivity index (χ0n) is 27.1. The molecule has 50 heavy (non-hydrogen) atoms. The molecule has 0 saturated carbocycles. The third kappa shape index (κ3) is 8.08. The van der Waals surface area contributed by atoms with Crippen molar-refractivity contribution in [3.63, 3.8) is 0 Å². The minimum atomic E-state index is -1.25. The van der Waals surface area contributed by atoms with Crippen molar-refractivity contribution in [2.75, 3.05) is 0 Å². The molecule has 0 bridgehead atoms. The average molecular weight is 675 g/mol. The van der Waals surface area contributed by atoms with E-state index in [1.54, 1.807) is 30.5 Å². The van der Waals surface area contributed by atoms with Gasteiger partial charge in [0.15, 0.2) is 0 Å². The van der Waals surface area contributed by atoms with Gasteiger partial charge in [0.1, 0.15) is 18.1 Å². The Bertz CT molecular complexity index is 2090. The van der Waals surface area contributed by atoms with Gasteiger partial charge < -0.3 is 41.7 Å². The van der Waals surface area contributed by atoms with Gasteiger partial charge in [-0.1, -0.05) is 66.7 Å². The molecule has 13 nitrogen and oxygen atoms in total. The number of nitrogens with zero attached hydrogens (tertiary/aromatic N) is 1. The maximum absolute atomic E-state index is 14.1. The van der Waals surface area contributed by atoms with Crippen LogP contribution in [0.4, 0.5) is 0 Å². The number of imidazole rings is 1. The number of aromatic nitrogens is 4. The highest BCUT2D eigenvalue weighted by Crippen LogP contribution is 2.21. The Hall–Kier alpha value is -6.21. The normalized spacial score (nSPS) is 13.7. The zero-order chi connectivity index (χ0) is 35.0. The number of aliphatic carboxylic acids is 1. The molecule has 0 aliphatic rings. The molecule has 4 unspecified atom stereocenters. The summed E-state index contributed by atoms with van der Waals surface area (Å²) in [5, 5.41) is 20.0. The minimum Gasteiger partial charge on any atom is -0.480 e. The van der Waals surface area contributed by atoms with Crippen LogP contribution in [0.2, 0.25) is 0 Å². The number of rotatable bonds is 15. The zero-order valence-corrected chi connectivity index (χ0v) is 27.1. The van der Waals surface area contributed by atoms with E-state index in [9.17, 15) is 24.3 Å². The lowest BCUT2D eigenvalue weighted by molar-refractivity contribution is -0.142. The molecule has 13 heteroatoms. The fourth-order valence-corrected chi connectivity index (χ4v) is 6.06. The Morgan fingerprint density at radius 1 is 0.640 bits per heavy atom. The quantitative estimate of drug-likeness (QED) is 0.0815. The molecule has 3 heterocycles. The van der Waals surface area contributed by atoms with Crippen LogP contribution in [-0.2, 0) is 44.9 Å². The van der Waals surface area contributed by atoms with E-state index >= 15 is 0 Å². The SMILES string of the molecule is NC(Cc1c[nH]c2ccccc12)C(=O)NC(Cc1c[nH]c2ccccc12)C(=O)NC(Cc1cnc[nH]1)C(=O)NC(Cc1ccccc1)C(=O)O. The average Bonchev–Trinajstić information content (AvgIpc) is 3.89. The predicted octanol–water partition coefficient (Wildman–Crippen LogP) is 2.51. The van der Waals surface area contributed by atoms with E-state index < -0.39 is 47.9 Å². The van der Waals surface area contributed by atoms with Gasteiger partial charge in [-0.15, -0.1) is 0 Å². The highest BCUT2D eigenvalue weighted by atomic mass is 16.4. The molecule has 9 N–H and O–H groups in total. The summed E-state index contributed by atoms with van der Waals surface area (Å²) >= 11 is 0. The summed E-state index contributed by atoms with van der Waals surface area (Å²) in [6.07, 6.45) is 6.89. The van der Waals surface area contributed by atoms with Gasteiger partial charge in [0.05, 0.1) is 12.4 Å². The number of benzene rings is 3. The first kappa shape index (κ1) is 33.7. The minimum absolute atomic E-state index is 0.0108. The molecule has 3 aromatic carbocycles. The number of aromatic amines is 3. The predicted molar refractivity (Wildman–Crippen MR) is 188 cm³/mol. The number of hydrogen-bond acceptors (Lipinski definition) is 6. The number of hydrogen-bond donors (Lipinski definition) is 8. The molecule has 0 saturated heterocycles. The molecule has 3 aromatic heterocycles. The van der Waals surface area contributed by atoms with Gasteiger partial charge in [-0.2, -0.15) is 0 Å². The Morgan fingerprint density at radius 2 is 1.18 bits per heavy atom. The van der Waals surface area contributed by atoms with Crippen molar-refractivity contribution in [1.29, 1.82) is 0 Å². The van der Waals surface area contributed by atoms with E-state index in [2.05, 4.69) is 35.9 Å². The van der Waals surface area contributed by atoms with E-state index in [0.717, 1.165) is 38.5 Å². The van der Waals surface area contributed by atoms with Crippen LogP contribution in [-0.4, -0.2) is 72.9 Å². The molecule has 0 aliphatic carbocycles. The number of H-pyrrole nitrogens is 3. The number of para-hydroxylation sites is 2. The van der Waals surface area contributed by atoms with E-state index in [1.807, 2.05) is 60.8 Å². The van der Waals surface area contributed by atoms with Crippen molar-refractivity contribution >= 4 is 45.5 Å². The highest BCUT2D eigenvalue weighted by Gasteiger charge is 2.32. The van der Waals surface area contributed by atoms with E-state index in [0.29, 0.717) is 5.69 Å². The summed E-state index contributed by atoms with van der Waals surface area (Å²) in [4.78, 5) is 66.9. The fourth-order valence-electron chi connectivity index (χ4n) is 6.06. The topological polar surface area (TPSA) is 211 Å². The van der Waals surface area contributed by atoms with E-state index in [1.165, 1.54) is 12.5 Å². The van der Waals surface area contributed by atoms with Gasteiger partial charge in [0.2, 0.25) is 17.7 Å². The molecule has 0 aliphatic heterocycles. The first-order chi connectivity index (χ1) is 24.2. The number of carboxylic acid groups (broad SMARTS) is 1. The summed E-state index contributed by atoms with van der Waals surface area (Å²) in [5.41, 5.74) is 11.1. The number of nitrogens with one attached hydrogen (secondary N) is 6. The Kier molecular flexibility index (Phi) is 10.3. The third-order valence-corrected chi connectivity index (χ3v) is 8.69. The first-order valence-electron chi connectivity index (χ1n) is 16.3. The van der Waals surface area contributed by atoms with Crippen LogP contribution in [0.25, 0.3) is 21.8 Å². The molecule has 3 amide bonds. The standard InChI is InChI=1S/C37H38N8O5/c38-28(15-23-18-40-29-12-6-4-10-26(23)29)34(46)43-31(16-24-19-41-30-13-7-5-11-27(24)30)35(47)44-32(17-25-20-39-21-42-25)36(48)45-33(37(49)50)14-22-8-2-1-3-9-22/h1-13,18-21,28,31-33,40-41H,14-17,38H2,(H,39,42)(H,43,46)(H,44,47)(H,45,48)(H,49,50). The number of nitrogens with two attached hydrogens (primary N) is 1. The monoisotopic (exact) mass is 674 g/mol. The van der Waals surface area contributed by atoms with Crippen LogP contribution in [0.3, 0.4) is 0 Å². The lowest BCUT2D eigenvalue weighted by Gasteiger charge is -2.25. The van der Waals surface area contributed by atoms with Crippen molar-refractivity contribution in [2.45, 2.75) is 49.9 Å². The van der Waals surface area contributed by atoms with Crippen LogP contribution in [0.1, 0.15) is 22.4 Å². The number of carbonyl (C=O) groups is 4. The third-order valence-electron chi connectivity index (χ3n) is 8.69. The van der Waals surface area contributed by atoms with Crippen molar-refractivity contribution in [2.24, 2.45) is 5.73 Å². The van der Waals surface area contributed by atoms with Gasteiger partial charge in [-0.05, 0) is 35.2 Å². The molecule has 256 valence electrons. The smallest absolute Gasteiger partial charge is 0.326 e. The van der Waals surface area contributed by atoms with Gasteiger partial charge in [-0.3, -0.25) is 14.4 Å². The van der Waals surface area contributed by atoms with Gasteiger partial charge >= 0.3 is 5.97 Å². The number of carboxylic acids is 1. The second-order valence-corrected chi connectivity index (χ2v) is 12.2. The Labute approximate surface area is 287 Å². The summed E-state index contributed by atoms with van der Waals surface area (Å²) < 4.78 is 0. The van der Waals surface area contributed by atoms with Crippen molar-refractivity contribution in [3.05, 3.63) is 126 Å². The summed E-state index contributed by atoms with van der Waals surface area (Å²) in [6, 6.07) is 19.6. The van der Waals surface area contributed by atoms with E-state index in [-0.39, 0.29) is 25.7 Å². The van der Waals surface area contributed by atoms with Crippen molar-refractivity contribution in [3.8, 4) is 0 Å². The lowest BCUT2D eigenvalue weighted by Crippen LogP contribution is -2.58. The summed E-state index contributed by atoms with van der Waals surface area (Å²) in [6.45, 7) is 0. The van der Waals surface area contributed by atoms with Crippen molar-refractivity contribution in [1.82, 2.24) is 35.9 Å². The summed E-state index contributed by atoms with van der Waals surface area (Å²) in [7, 11) is 0. The molecule has 6 rings (SSSR count). The maximum Gasteiger partial charge on any atom is 0.326 e. The lowest BCUT2D eigenvalue weighted by atomic mass is 10.0.